The van der Waals surface area contributed by atoms with Crippen molar-refractivity contribution in [1.82, 2.24) is 10.2 Å². The summed E-state index contributed by atoms with van der Waals surface area (Å²) in [4.78, 5) is 29.4. The predicted octanol–water partition coefficient (Wildman–Crippen LogP) is 4.98. The zero-order valence-corrected chi connectivity index (χ0v) is 25.9. The standard InChI is InChI=1S/C31H38ClN3O5S/c1-22-17-25(32)15-16-27(22)35(41(6,38)39)21-29(36)34(20-24-13-10-14-26(18-24)40-5)28(30(37)33-31(2,3)4)19-23-11-8-7-9-12-23/h7-18,28H,19-21H2,1-6H3,(H,33,37). The first-order valence-corrected chi connectivity index (χ1v) is 15.4. The van der Waals surface area contributed by atoms with E-state index in [9.17, 15) is 18.0 Å². The van der Waals surface area contributed by atoms with Gasteiger partial charge in [-0.25, -0.2) is 8.42 Å². The molecule has 0 heterocycles. The van der Waals surface area contributed by atoms with Gasteiger partial charge in [0, 0.05) is 23.5 Å². The summed E-state index contributed by atoms with van der Waals surface area (Å²) in [7, 11) is -2.33. The van der Waals surface area contributed by atoms with Gasteiger partial charge in [0.05, 0.1) is 19.1 Å². The van der Waals surface area contributed by atoms with Gasteiger partial charge in [0.2, 0.25) is 21.8 Å². The van der Waals surface area contributed by atoms with Crippen LogP contribution in [0.5, 0.6) is 5.75 Å². The average Bonchev–Trinajstić information content (AvgIpc) is 2.88. The maximum Gasteiger partial charge on any atom is 0.244 e. The van der Waals surface area contributed by atoms with Gasteiger partial charge in [0.15, 0.2) is 0 Å². The van der Waals surface area contributed by atoms with E-state index in [1.165, 1.54) is 4.90 Å². The van der Waals surface area contributed by atoms with Crippen LogP contribution in [0, 0.1) is 6.92 Å². The summed E-state index contributed by atoms with van der Waals surface area (Å²) in [6, 6.07) is 20.5. The molecule has 0 aliphatic carbocycles. The first-order valence-electron chi connectivity index (χ1n) is 13.2. The van der Waals surface area contributed by atoms with Gasteiger partial charge in [-0.15, -0.1) is 0 Å². The van der Waals surface area contributed by atoms with Crippen LogP contribution in [0.2, 0.25) is 5.02 Å². The maximum absolute atomic E-state index is 14.2. The highest BCUT2D eigenvalue weighted by atomic mass is 35.5. The molecular weight excluding hydrogens is 562 g/mol. The van der Waals surface area contributed by atoms with Crippen molar-refractivity contribution in [3.63, 3.8) is 0 Å². The first kappa shape index (κ1) is 32.0. The van der Waals surface area contributed by atoms with Crippen molar-refractivity contribution in [3.8, 4) is 5.75 Å². The van der Waals surface area contributed by atoms with Gasteiger partial charge >= 0.3 is 0 Å². The smallest absolute Gasteiger partial charge is 0.244 e. The summed E-state index contributed by atoms with van der Waals surface area (Å²) < 4.78 is 32.4. The van der Waals surface area contributed by atoms with Crippen molar-refractivity contribution in [1.29, 1.82) is 0 Å². The molecule has 41 heavy (non-hydrogen) atoms. The molecule has 0 aliphatic rings. The van der Waals surface area contributed by atoms with Crippen molar-refractivity contribution in [2.24, 2.45) is 0 Å². The quantitative estimate of drug-likeness (QED) is 0.335. The molecule has 0 saturated heterocycles. The SMILES string of the molecule is COc1cccc(CN(C(=O)CN(c2ccc(Cl)cc2C)S(C)(=O)=O)C(Cc2ccccc2)C(=O)NC(C)(C)C)c1. The van der Waals surface area contributed by atoms with Gasteiger partial charge in [-0.05, 0) is 74.7 Å². The number of anilines is 1. The van der Waals surface area contributed by atoms with Crippen LogP contribution >= 0.6 is 11.6 Å². The number of sulfonamides is 1. The highest BCUT2D eigenvalue weighted by Crippen LogP contribution is 2.27. The maximum atomic E-state index is 14.2. The molecule has 0 bridgehead atoms. The number of hydrogen-bond donors (Lipinski definition) is 1. The van der Waals surface area contributed by atoms with E-state index < -0.39 is 34.1 Å². The van der Waals surface area contributed by atoms with Crippen LogP contribution in [0.4, 0.5) is 5.69 Å². The van der Waals surface area contributed by atoms with E-state index in [-0.39, 0.29) is 18.9 Å². The number of ether oxygens (including phenoxy) is 1. The molecular formula is C31H38ClN3O5S. The molecule has 2 amide bonds. The van der Waals surface area contributed by atoms with Crippen LogP contribution in [-0.2, 0) is 32.6 Å². The Labute approximate surface area is 248 Å². The monoisotopic (exact) mass is 599 g/mol. The third kappa shape index (κ3) is 9.23. The summed E-state index contributed by atoms with van der Waals surface area (Å²) in [6.07, 6.45) is 1.28. The van der Waals surface area contributed by atoms with Gasteiger partial charge in [-0.3, -0.25) is 13.9 Å². The number of nitrogens with zero attached hydrogens (tertiary/aromatic N) is 2. The van der Waals surface area contributed by atoms with E-state index in [0.29, 0.717) is 22.0 Å². The number of nitrogens with one attached hydrogen (secondary N) is 1. The Bertz CT molecular complexity index is 1470. The van der Waals surface area contributed by atoms with Crippen LogP contribution in [0.25, 0.3) is 0 Å². The fourth-order valence-corrected chi connectivity index (χ4v) is 5.60. The van der Waals surface area contributed by atoms with Gasteiger partial charge in [-0.1, -0.05) is 54.1 Å². The second kappa shape index (κ2) is 13.4. The number of rotatable bonds is 11. The Kier molecular flexibility index (Phi) is 10.4. The Morgan fingerprint density at radius 3 is 2.22 bits per heavy atom. The zero-order chi connectivity index (χ0) is 30.4. The normalized spacial score (nSPS) is 12.4. The van der Waals surface area contributed by atoms with E-state index in [1.54, 1.807) is 50.4 Å². The lowest BCUT2D eigenvalue weighted by atomic mass is 10.0. The fourth-order valence-electron chi connectivity index (χ4n) is 4.47. The van der Waals surface area contributed by atoms with E-state index >= 15 is 0 Å². The minimum Gasteiger partial charge on any atom is -0.497 e. The average molecular weight is 600 g/mol. The molecule has 0 saturated carbocycles. The lowest BCUT2D eigenvalue weighted by Gasteiger charge is -2.35. The lowest BCUT2D eigenvalue weighted by molar-refractivity contribution is -0.140. The number of methoxy groups -OCH3 is 1. The van der Waals surface area contributed by atoms with Gasteiger partial charge in [0.25, 0.3) is 0 Å². The molecule has 0 fully saturated rings. The third-order valence-electron chi connectivity index (χ3n) is 6.36. The van der Waals surface area contributed by atoms with Gasteiger partial charge in [-0.2, -0.15) is 0 Å². The van der Waals surface area contributed by atoms with E-state index in [2.05, 4.69) is 5.32 Å². The molecule has 220 valence electrons. The molecule has 3 rings (SSSR count). The van der Waals surface area contributed by atoms with Gasteiger partial charge in [0.1, 0.15) is 18.3 Å². The largest absolute Gasteiger partial charge is 0.497 e. The Hall–Kier alpha value is -3.56. The number of carbonyl (C=O) groups is 2. The molecule has 0 radical (unpaired) electrons. The number of aryl methyl sites for hydroxylation is 1. The van der Waals surface area contributed by atoms with E-state index in [1.807, 2.05) is 57.2 Å². The first-order chi connectivity index (χ1) is 19.2. The molecule has 0 aliphatic heterocycles. The Morgan fingerprint density at radius 1 is 0.976 bits per heavy atom. The third-order valence-corrected chi connectivity index (χ3v) is 7.72. The van der Waals surface area contributed by atoms with E-state index in [0.717, 1.165) is 21.7 Å². The molecule has 1 atom stereocenters. The summed E-state index contributed by atoms with van der Waals surface area (Å²) >= 11 is 6.12. The lowest BCUT2D eigenvalue weighted by Crippen LogP contribution is -2.56. The van der Waals surface area contributed by atoms with Crippen LogP contribution < -0.4 is 14.4 Å². The molecule has 3 aromatic carbocycles. The van der Waals surface area contributed by atoms with Crippen molar-refractivity contribution in [2.45, 2.75) is 52.2 Å². The zero-order valence-electron chi connectivity index (χ0n) is 24.3. The van der Waals surface area contributed by atoms with Crippen molar-refractivity contribution < 1.29 is 22.7 Å². The molecule has 0 spiro atoms. The summed E-state index contributed by atoms with van der Waals surface area (Å²) in [5, 5.41) is 3.46. The van der Waals surface area contributed by atoms with Crippen LogP contribution in [-0.4, -0.2) is 56.6 Å². The molecule has 10 heteroatoms. The fraction of sp³-hybridized carbons (Fsp3) is 0.355. The summed E-state index contributed by atoms with van der Waals surface area (Å²) in [6.45, 7) is 6.89. The number of benzene rings is 3. The van der Waals surface area contributed by atoms with Crippen molar-refractivity contribution in [2.75, 3.05) is 24.2 Å². The minimum absolute atomic E-state index is 0.0578. The van der Waals surface area contributed by atoms with Gasteiger partial charge < -0.3 is 15.0 Å². The predicted molar refractivity (Wildman–Crippen MR) is 164 cm³/mol. The van der Waals surface area contributed by atoms with Crippen LogP contribution in [0.3, 0.4) is 0 Å². The second-order valence-electron chi connectivity index (χ2n) is 11.0. The minimum atomic E-state index is -3.88. The van der Waals surface area contributed by atoms with Crippen molar-refractivity contribution in [3.05, 3.63) is 94.5 Å². The number of halogens is 1. The molecule has 3 aromatic rings. The summed E-state index contributed by atoms with van der Waals surface area (Å²) in [5.74, 6) is -0.271. The topological polar surface area (TPSA) is 96.0 Å². The number of carbonyl (C=O) groups excluding carboxylic acids is 2. The Morgan fingerprint density at radius 2 is 1.63 bits per heavy atom. The number of hydrogen-bond acceptors (Lipinski definition) is 5. The molecule has 8 nitrogen and oxygen atoms in total. The van der Waals surface area contributed by atoms with E-state index in [4.69, 9.17) is 16.3 Å². The second-order valence-corrected chi connectivity index (χ2v) is 13.4. The van der Waals surface area contributed by atoms with Crippen molar-refractivity contribution >= 4 is 39.1 Å². The molecule has 1 N–H and O–H groups in total. The highest BCUT2D eigenvalue weighted by molar-refractivity contribution is 7.92. The summed E-state index contributed by atoms with van der Waals surface area (Å²) in [5.41, 5.74) is 1.97. The number of amides is 2. The highest BCUT2D eigenvalue weighted by Gasteiger charge is 2.34. The molecule has 0 aromatic heterocycles. The van der Waals surface area contributed by atoms with Crippen LogP contribution in [0.1, 0.15) is 37.5 Å². The Balaban J connectivity index is 2.11. The van der Waals surface area contributed by atoms with Crippen LogP contribution in [0.15, 0.2) is 72.8 Å². The molecule has 1 unspecified atom stereocenters.